The van der Waals surface area contributed by atoms with Crippen molar-refractivity contribution < 1.29 is 9.90 Å². The molecule has 4 nitrogen and oxygen atoms in total. The van der Waals surface area contributed by atoms with Gasteiger partial charge in [-0.1, -0.05) is 18.2 Å². The van der Waals surface area contributed by atoms with Gasteiger partial charge >= 0.3 is 0 Å². The monoisotopic (exact) mass is 232 g/mol. The third kappa shape index (κ3) is 2.36. The van der Waals surface area contributed by atoms with Gasteiger partial charge in [0, 0.05) is 5.71 Å². The van der Waals surface area contributed by atoms with Gasteiger partial charge in [-0.15, -0.1) is 0 Å². The number of carbonyl (C=O) groups is 1. The molecular formula is C13H16N2O2. The van der Waals surface area contributed by atoms with E-state index in [9.17, 15) is 9.90 Å². The lowest BCUT2D eigenvalue weighted by atomic mass is 9.97. The summed E-state index contributed by atoms with van der Waals surface area (Å²) in [5.41, 5.74) is 1.53. The molecule has 0 fully saturated rings. The molecule has 1 amide bonds. The smallest absolute Gasteiger partial charge is 0.256 e. The quantitative estimate of drug-likeness (QED) is 0.863. The summed E-state index contributed by atoms with van der Waals surface area (Å²) < 4.78 is 0. The molecule has 1 aliphatic heterocycles. The molecule has 1 N–H and O–H groups in total. The predicted molar refractivity (Wildman–Crippen MR) is 66.8 cm³/mol. The Balaban J connectivity index is 2.22. The van der Waals surface area contributed by atoms with Gasteiger partial charge in [-0.3, -0.25) is 4.79 Å². The van der Waals surface area contributed by atoms with Crippen molar-refractivity contribution in [3.8, 4) is 0 Å². The number of rotatable bonds is 3. The van der Waals surface area contributed by atoms with Crippen LogP contribution in [0.3, 0.4) is 0 Å². The Morgan fingerprint density at radius 3 is 2.65 bits per heavy atom. The minimum absolute atomic E-state index is 0.0606. The fourth-order valence-electron chi connectivity index (χ4n) is 1.97. The molecule has 1 heterocycles. The number of hydrogen-bond acceptors (Lipinski definition) is 3. The van der Waals surface area contributed by atoms with E-state index in [-0.39, 0.29) is 11.8 Å². The van der Waals surface area contributed by atoms with E-state index < -0.39 is 6.10 Å². The van der Waals surface area contributed by atoms with Crippen LogP contribution < -0.4 is 5.01 Å². The zero-order valence-electron chi connectivity index (χ0n) is 10.00. The van der Waals surface area contributed by atoms with E-state index in [1.807, 2.05) is 37.3 Å². The maximum atomic E-state index is 12.2. The molecule has 0 bridgehead atoms. The number of carbonyl (C=O) groups excluding carboxylic acids is 1. The van der Waals surface area contributed by atoms with E-state index in [1.54, 1.807) is 6.92 Å². The average molecular weight is 232 g/mol. The average Bonchev–Trinajstić information content (AvgIpc) is 2.58. The van der Waals surface area contributed by atoms with Crippen molar-refractivity contribution in [2.75, 3.05) is 5.01 Å². The first-order chi connectivity index (χ1) is 8.09. The number of hydrogen-bond donors (Lipinski definition) is 1. The van der Waals surface area contributed by atoms with Crippen molar-refractivity contribution in [3.05, 3.63) is 30.3 Å². The topological polar surface area (TPSA) is 52.9 Å². The summed E-state index contributed by atoms with van der Waals surface area (Å²) in [5.74, 6) is -0.357. The molecule has 90 valence electrons. The van der Waals surface area contributed by atoms with Crippen LogP contribution in [0, 0.1) is 5.92 Å². The molecular weight excluding hydrogens is 216 g/mol. The van der Waals surface area contributed by atoms with Gasteiger partial charge < -0.3 is 5.11 Å². The molecule has 0 aromatic heterocycles. The molecule has 17 heavy (non-hydrogen) atoms. The maximum absolute atomic E-state index is 12.2. The van der Waals surface area contributed by atoms with E-state index in [1.165, 1.54) is 5.01 Å². The van der Waals surface area contributed by atoms with Gasteiger partial charge in [0.2, 0.25) is 0 Å². The highest BCUT2D eigenvalue weighted by atomic mass is 16.3. The molecule has 2 atom stereocenters. The Labute approximate surface area is 101 Å². The Kier molecular flexibility index (Phi) is 3.24. The minimum atomic E-state index is -0.496. The zero-order chi connectivity index (χ0) is 12.4. The fraction of sp³-hybridized carbons (Fsp3) is 0.385. The Morgan fingerprint density at radius 2 is 2.06 bits per heavy atom. The molecule has 1 aromatic carbocycles. The largest absolute Gasteiger partial charge is 0.393 e. The fourth-order valence-corrected chi connectivity index (χ4v) is 1.97. The zero-order valence-corrected chi connectivity index (χ0v) is 10.00. The second kappa shape index (κ2) is 4.67. The van der Waals surface area contributed by atoms with Crippen LogP contribution in [0.25, 0.3) is 0 Å². The molecule has 1 aliphatic rings. The van der Waals surface area contributed by atoms with Crippen molar-refractivity contribution in [1.82, 2.24) is 0 Å². The van der Waals surface area contributed by atoms with Crippen LogP contribution in [-0.2, 0) is 4.79 Å². The van der Waals surface area contributed by atoms with Crippen LogP contribution in [0.15, 0.2) is 35.4 Å². The normalized spacial score (nSPS) is 21.6. The number of benzene rings is 1. The molecule has 0 radical (unpaired) electrons. The highest BCUT2D eigenvalue weighted by molar-refractivity contribution is 6.14. The Morgan fingerprint density at radius 1 is 1.41 bits per heavy atom. The molecule has 4 heteroatoms. The summed E-state index contributed by atoms with van der Waals surface area (Å²) in [6, 6.07) is 9.33. The summed E-state index contributed by atoms with van der Waals surface area (Å²) in [6.07, 6.45) is -0.0675. The summed E-state index contributed by atoms with van der Waals surface area (Å²) >= 11 is 0. The Hall–Kier alpha value is -1.68. The Bertz CT molecular complexity index is 440. The van der Waals surface area contributed by atoms with Gasteiger partial charge in [-0.2, -0.15) is 5.10 Å². The van der Waals surface area contributed by atoms with Crippen molar-refractivity contribution in [3.63, 3.8) is 0 Å². The minimum Gasteiger partial charge on any atom is -0.393 e. The van der Waals surface area contributed by atoms with E-state index in [0.717, 1.165) is 11.4 Å². The van der Waals surface area contributed by atoms with Crippen molar-refractivity contribution in [2.45, 2.75) is 26.4 Å². The van der Waals surface area contributed by atoms with Gasteiger partial charge in [0.15, 0.2) is 0 Å². The van der Waals surface area contributed by atoms with Crippen LogP contribution in [-0.4, -0.2) is 22.8 Å². The number of amides is 1. The SMILES string of the molecule is CC1=NN(c2ccccc2)C(=O)C1C[C@H](C)O. The molecule has 1 aromatic rings. The molecule has 0 saturated carbocycles. The summed E-state index contributed by atoms with van der Waals surface area (Å²) in [6.45, 7) is 3.51. The first-order valence-electron chi connectivity index (χ1n) is 5.72. The number of aliphatic hydroxyl groups excluding tert-OH is 1. The molecule has 0 spiro atoms. The van der Waals surface area contributed by atoms with Crippen molar-refractivity contribution in [1.29, 1.82) is 0 Å². The van der Waals surface area contributed by atoms with E-state index in [4.69, 9.17) is 0 Å². The summed E-state index contributed by atoms with van der Waals surface area (Å²) in [4.78, 5) is 12.2. The number of anilines is 1. The van der Waals surface area contributed by atoms with Gasteiger partial charge in [-0.25, -0.2) is 5.01 Å². The first kappa shape index (κ1) is 11.8. The standard InChI is InChI=1S/C13H16N2O2/c1-9(16)8-12-10(2)14-15(13(12)17)11-6-4-3-5-7-11/h3-7,9,12,16H,8H2,1-2H3/t9-,12?/m0/s1. The first-order valence-corrected chi connectivity index (χ1v) is 5.72. The van der Waals surface area contributed by atoms with E-state index >= 15 is 0 Å². The van der Waals surface area contributed by atoms with Crippen molar-refractivity contribution in [2.24, 2.45) is 11.0 Å². The highest BCUT2D eigenvalue weighted by Crippen LogP contribution is 2.25. The van der Waals surface area contributed by atoms with Crippen molar-refractivity contribution >= 4 is 17.3 Å². The predicted octanol–water partition coefficient (Wildman–Crippen LogP) is 1.80. The number of hydrazone groups is 1. The van der Waals surface area contributed by atoms with Crippen LogP contribution in [0.1, 0.15) is 20.3 Å². The summed E-state index contributed by atoms with van der Waals surface area (Å²) in [7, 11) is 0. The third-order valence-corrected chi connectivity index (χ3v) is 2.85. The van der Waals surface area contributed by atoms with Crippen LogP contribution >= 0.6 is 0 Å². The second-order valence-electron chi connectivity index (χ2n) is 4.36. The number of aliphatic hydroxyl groups is 1. The number of nitrogens with zero attached hydrogens (tertiary/aromatic N) is 2. The molecule has 2 rings (SSSR count). The maximum Gasteiger partial charge on any atom is 0.256 e. The van der Waals surface area contributed by atoms with Crippen LogP contribution in [0.5, 0.6) is 0 Å². The highest BCUT2D eigenvalue weighted by Gasteiger charge is 2.34. The lowest BCUT2D eigenvalue weighted by molar-refractivity contribution is -0.120. The van der Waals surface area contributed by atoms with Gasteiger partial charge in [0.05, 0.1) is 17.7 Å². The van der Waals surface area contributed by atoms with Crippen LogP contribution in [0.4, 0.5) is 5.69 Å². The van der Waals surface area contributed by atoms with E-state index in [0.29, 0.717) is 6.42 Å². The molecule has 0 aliphatic carbocycles. The van der Waals surface area contributed by atoms with Crippen LogP contribution in [0.2, 0.25) is 0 Å². The van der Waals surface area contributed by atoms with Gasteiger partial charge in [0.1, 0.15) is 0 Å². The molecule has 0 saturated heterocycles. The lowest BCUT2D eigenvalue weighted by Gasteiger charge is -2.15. The van der Waals surface area contributed by atoms with Gasteiger partial charge in [-0.05, 0) is 32.4 Å². The molecule has 1 unspecified atom stereocenters. The number of para-hydroxylation sites is 1. The lowest BCUT2D eigenvalue weighted by Crippen LogP contribution is -2.29. The van der Waals surface area contributed by atoms with Gasteiger partial charge in [0.25, 0.3) is 5.91 Å². The second-order valence-corrected chi connectivity index (χ2v) is 4.36. The summed E-state index contributed by atoms with van der Waals surface area (Å²) in [5, 5.41) is 15.1. The van der Waals surface area contributed by atoms with E-state index in [2.05, 4.69) is 5.10 Å². The third-order valence-electron chi connectivity index (χ3n) is 2.85.